The highest BCUT2D eigenvalue weighted by atomic mass is 19.1. The van der Waals surface area contributed by atoms with Gasteiger partial charge in [0.2, 0.25) is 0 Å². The maximum absolute atomic E-state index is 13.5. The van der Waals surface area contributed by atoms with E-state index in [-0.39, 0.29) is 24.1 Å². The van der Waals surface area contributed by atoms with E-state index in [9.17, 15) is 23.9 Å². The van der Waals surface area contributed by atoms with Gasteiger partial charge in [-0.1, -0.05) is 18.6 Å². The summed E-state index contributed by atoms with van der Waals surface area (Å²) in [5, 5.41) is 11.6. The van der Waals surface area contributed by atoms with Gasteiger partial charge in [-0.3, -0.25) is 9.59 Å². The van der Waals surface area contributed by atoms with Gasteiger partial charge in [0.05, 0.1) is 5.69 Å². The number of amides is 2. The molecule has 0 aromatic heterocycles. The molecule has 0 radical (unpaired) electrons. The largest absolute Gasteiger partial charge is 0.480 e. The molecule has 3 atom stereocenters. The number of carbonyl (C=O) groups excluding carboxylic acids is 2. The predicted octanol–water partition coefficient (Wildman–Crippen LogP) is 1.48. The lowest BCUT2D eigenvalue weighted by atomic mass is 9.94. The summed E-state index contributed by atoms with van der Waals surface area (Å²) in [4.78, 5) is 37.0. The van der Waals surface area contributed by atoms with E-state index in [1.54, 1.807) is 0 Å². The number of carboxylic acid groups (broad SMARTS) is 1. The average Bonchev–Trinajstić information content (AvgIpc) is 3.08. The number of para-hydroxylation sites is 1. The number of aliphatic carboxylic acids is 1. The lowest BCUT2D eigenvalue weighted by Gasteiger charge is -2.23. The number of likely N-dealkylation sites (tertiary alicyclic amines) is 1. The van der Waals surface area contributed by atoms with Crippen molar-refractivity contribution in [1.82, 2.24) is 4.90 Å². The Kier molecular flexibility index (Phi) is 4.02. The summed E-state index contributed by atoms with van der Waals surface area (Å²) in [7, 11) is 0. The Morgan fingerprint density at radius 3 is 2.65 bits per heavy atom. The summed E-state index contributed by atoms with van der Waals surface area (Å²) in [5.74, 6) is -3.65. The van der Waals surface area contributed by atoms with Crippen LogP contribution in [0.4, 0.5) is 10.1 Å². The third-order valence-corrected chi connectivity index (χ3v) is 4.72. The van der Waals surface area contributed by atoms with Crippen LogP contribution in [0.15, 0.2) is 24.3 Å². The maximum Gasteiger partial charge on any atom is 0.326 e. The predicted molar refractivity (Wildman–Crippen MR) is 79.0 cm³/mol. The highest BCUT2D eigenvalue weighted by Gasteiger charge is 2.50. The number of rotatable bonds is 2. The number of nitrogens with one attached hydrogen (secondary N) is 1. The van der Waals surface area contributed by atoms with E-state index in [2.05, 4.69) is 5.32 Å². The van der Waals surface area contributed by atoms with Crippen LogP contribution in [-0.2, 0) is 14.4 Å². The summed E-state index contributed by atoms with van der Waals surface area (Å²) in [6, 6.07) is 4.54. The van der Waals surface area contributed by atoms with Gasteiger partial charge in [-0.2, -0.15) is 0 Å². The lowest BCUT2D eigenvalue weighted by molar-refractivity contribution is -0.152. The zero-order valence-corrected chi connectivity index (χ0v) is 12.4. The highest BCUT2D eigenvalue weighted by Crippen LogP contribution is 2.42. The Bertz CT molecular complexity index is 663. The van der Waals surface area contributed by atoms with Crippen molar-refractivity contribution in [3.63, 3.8) is 0 Å². The summed E-state index contributed by atoms with van der Waals surface area (Å²) in [6.07, 6.45) is 2.57. The van der Waals surface area contributed by atoms with Crippen LogP contribution in [0.1, 0.15) is 19.3 Å². The monoisotopic (exact) mass is 320 g/mol. The van der Waals surface area contributed by atoms with Crippen LogP contribution in [0.3, 0.4) is 0 Å². The van der Waals surface area contributed by atoms with Gasteiger partial charge in [-0.05, 0) is 36.8 Å². The number of carboxylic acids is 1. The van der Waals surface area contributed by atoms with Crippen molar-refractivity contribution in [2.75, 3.05) is 11.9 Å². The number of nitrogens with zero attached hydrogens (tertiary/aromatic N) is 1. The molecular formula is C16H17FN2O4. The lowest BCUT2D eigenvalue weighted by Crippen LogP contribution is -2.47. The molecule has 1 saturated heterocycles. The number of benzene rings is 1. The molecule has 2 N–H and O–H groups in total. The standard InChI is InChI=1S/C16H17FN2O4/c17-11-6-1-2-7-12(11)18-14(20)15(21)19-8-9-4-3-5-10(9)13(19)16(22)23/h1-2,6-7,9-10,13H,3-5,8H2,(H,18,20)(H,22,23)/t9?,10?,13-/m0/s1. The van der Waals surface area contributed by atoms with E-state index >= 15 is 0 Å². The summed E-state index contributed by atoms with van der Waals surface area (Å²) >= 11 is 0. The normalized spacial score (nSPS) is 26.0. The van der Waals surface area contributed by atoms with Gasteiger partial charge in [0.15, 0.2) is 0 Å². The molecule has 23 heavy (non-hydrogen) atoms. The number of halogens is 1. The van der Waals surface area contributed by atoms with Crippen molar-refractivity contribution in [3.8, 4) is 0 Å². The van der Waals surface area contributed by atoms with E-state index in [0.717, 1.165) is 24.2 Å². The third kappa shape index (κ3) is 2.78. The number of hydrogen-bond donors (Lipinski definition) is 2. The van der Waals surface area contributed by atoms with E-state index in [4.69, 9.17) is 0 Å². The number of fused-ring (bicyclic) bond motifs is 1. The number of anilines is 1. The zero-order chi connectivity index (χ0) is 16.6. The van der Waals surface area contributed by atoms with Crippen LogP contribution >= 0.6 is 0 Å². The van der Waals surface area contributed by atoms with Crippen LogP contribution in [0.5, 0.6) is 0 Å². The van der Waals surface area contributed by atoms with Gasteiger partial charge in [0.1, 0.15) is 11.9 Å². The Labute approximate surface area is 132 Å². The summed E-state index contributed by atoms with van der Waals surface area (Å²) in [5.41, 5.74) is -0.0999. The average molecular weight is 320 g/mol. The Balaban J connectivity index is 1.75. The second kappa shape index (κ2) is 5.98. The van der Waals surface area contributed by atoms with Crippen LogP contribution in [0.2, 0.25) is 0 Å². The van der Waals surface area contributed by atoms with E-state index in [1.165, 1.54) is 24.3 Å². The van der Waals surface area contributed by atoms with Crippen LogP contribution in [0.25, 0.3) is 0 Å². The zero-order valence-electron chi connectivity index (χ0n) is 12.4. The van der Waals surface area contributed by atoms with Crippen molar-refractivity contribution < 1.29 is 23.9 Å². The fraction of sp³-hybridized carbons (Fsp3) is 0.438. The molecule has 2 fully saturated rings. The van der Waals surface area contributed by atoms with Gasteiger partial charge >= 0.3 is 17.8 Å². The van der Waals surface area contributed by atoms with Crippen LogP contribution in [0, 0.1) is 17.7 Å². The van der Waals surface area contributed by atoms with Crippen molar-refractivity contribution >= 4 is 23.5 Å². The molecule has 122 valence electrons. The smallest absolute Gasteiger partial charge is 0.326 e. The first-order valence-corrected chi connectivity index (χ1v) is 7.58. The van der Waals surface area contributed by atoms with E-state index in [0.29, 0.717) is 0 Å². The molecule has 1 saturated carbocycles. The minimum Gasteiger partial charge on any atom is -0.480 e. The van der Waals surface area contributed by atoms with Crippen molar-refractivity contribution in [3.05, 3.63) is 30.1 Å². The topological polar surface area (TPSA) is 86.7 Å². The minimum atomic E-state index is -1.09. The van der Waals surface area contributed by atoms with E-state index < -0.39 is 29.6 Å². The van der Waals surface area contributed by atoms with Crippen molar-refractivity contribution in [2.45, 2.75) is 25.3 Å². The minimum absolute atomic E-state index is 0.0993. The molecule has 0 bridgehead atoms. The van der Waals surface area contributed by atoms with Crippen LogP contribution < -0.4 is 5.32 Å². The van der Waals surface area contributed by atoms with Gasteiger partial charge < -0.3 is 15.3 Å². The molecule has 1 heterocycles. The highest BCUT2D eigenvalue weighted by molar-refractivity contribution is 6.40. The molecule has 7 heteroatoms. The van der Waals surface area contributed by atoms with Crippen molar-refractivity contribution in [1.29, 1.82) is 0 Å². The fourth-order valence-corrected chi connectivity index (χ4v) is 3.70. The second-order valence-corrected chi connectivity index (χ2v) is 6.03. The molecule has 3 rings (SSSR count). The summed E-state index contributed by atoms with van der Waals surface area (Å²) in [6.45, 7) is 0.269. The molecule has 1 aromatic carbocycles. The molecular weight excluding hydrogens is 303 g/mol. The van der Waals surface area contributed by atoms with Crippen molar-refractivity contribution in [2.24, 2.45) is 11.8 Å². The molecule has 1 aliphatic carbocycles. The number of hydrogen-bond acceptors (Lipinski definition) is 3. The Hall–Kier alpha value is -2.44. The maximum atomic E-state index is 13.5. The third-order valence-electron chi connectivity index (χ3n) is 4.72. The first kappa shape index (κ1) is 15.5. The number of carbonyl (C=O) groups is 3. The molecule has 2 unspecified atom stereocenters. The SMILES string of the molecule is O=C(Nc1ccccc1F)C(=O)N1CC2CCCC2[C@H]1C(=O)O. The van der Waals surface area contributed by atoms with E-state index in [1.807, 2.05) is 0 Å². The van der Waals surface area contributed by atoms with Gasteiger partial charge in [-0.15, -0.1) is 0 Å². The Morgan fingerprint density at radius 1 is 1.22 bits per heavy atom. The van der Waals surface area contributed by atoms with Gasteiger partial charge in [-0.25, -0.2) is 9.18 Å². The quantitative estimate of drug-likeness (QED) is 0.808. The Morgan fingerprint density at radius 2 is 1.96 bits per heavy atom. The second-order valence-electron chi connectivity index (χ2n) is 6.03. The van der Waals surface area contributed by atoms with Crippen LogP contribution in [-0.4, -0.2) is 40.4 Å². The summed E-state index contributed by atoms with van der Waals surface area (Å²) < 4.78 is 13.5. The van der Waals surface area contributed by atoms with Gasteiger partial charge in [0.25, 0.3) is 0 Å². The molecule has 1 aliphatic heterocycles. The molecule has 1 aromatic rings. The molecule has 6 nitrogen and oxygen atoms in total. The fourth-order valence-electron chi connectivity index (χ4n) is 3.70. The van der Waals surface area contributed by atoms with Gasteiger partial charge in [0, 0.05) is 6.54 Å². The first-order chi connectivity index (χ1) is 11.0. The molecule has 2 aliphatic rings. The first-order valence-electron chi connectivity index (χ1n) is 7.58. The molecule has 2 amide bonds. The molecule has 0 spiro atoms.